The second kappa shape index (κ2) is 19400. The van der Waals surface area contributed by atoms with Crippen LogP contribution in [0, 0.1) is 10.8 Å². The summed E-state index contributed by atoms with van der Waals surface area (Å²) in [7, 11) is 0. The predicted molar refractivity (Wildman–Crippen MR) is 29.9 cm³/mol. The molecule has 0 aliphatic carbocycles. The minimum absolute atomic E-state index is 0. The van der Waals surface area contributed by atoms with E-state index in [4.69, 9.17) is 10.8 Å². The molecule has 0 amide bonds. The summed E-state index contributed by atoms with van der Waals surface area (Å²) in [5.41, 5.74) is 0. The van der Waals surface area contributed by atoms with Crippen molar-refractivity contribution in [1.29, 1.82) is 10.8 Å². The molecule has 7 nitrogen and oxygen atoms in total. The van der Waals surface area contributed by atoms with Gasteiger partial charge in [-0.2, -0.15) is 0 Å². The van der Waals surface area contributed by atoms with E-state index in [1.54, 1.807) is 0 Å². The minimum atomic E-state index is 0. The van der Waals surface area contributed by atoms with Gasteiger partial charge in [0.1, 0.15) is 0 Å². The first-order valence-corrected chi connectivity index (χ1v) is 0.200. The van der Waals surface area contributed by atoms with Gasteiger partial charge in [-0.1, -0.05) is 0 Å². The van der Waals surface area contributed by atoms with E-state index in [2.05, 4.69) is 0 Å². The molecule has 1 radical (unpaired) electrons. The van der Waals surface area contributed by atoms with E-state index >= 15 is 0 Å². The van der Waals surface area contributed by atoms with Crippen molar-refractivity contribution < 1.29 is 32.2 Å². The van der Waals surface area contributed by atoms with Gasteiger partial charge in [0, 0.05) is 10.8 Å². The van der Waals surface area contributed by atoms with Gasteiger partial charge < -0.3 is 43.2 Å². The van der Waals surface area contributed by atoms with E-state index in [0.29, 0.717) is 0 Å². The van der Waals surface area contributed by atoms with Crippen molar-refractivity contribution in [2.75, 3.05) is 0 Å². The first-order chi connectivity index (χ1) is 1.00. The average molecular weight is 334 g/mol. The van der Waals surface area contributed by atoms with Crippen LogP contribution in [0.15, 0.2) is 0 Å². The molecule has 0 aliphatic rings. The van der Waals surface area contributed by atoms with E-state index in [1.165, 1.54) is 0 Å². The molecule has 59 valence electrons. The van der Waals surface area contributed by atoms with Gasteiger partial charge in [-0.15, -0.1) is 0 Å². The summed E-state index contributed by atoms with van der Waals surface area (Å²) >= 11 is 0. The smallest absolute Gasteiger partial charge is 1.00 e. The minimum Gasteiger partial charge on any atom is -1.00 e. The topological polar surface area (TPSA) is 215 Å². The van der Waals surface area contributed by atoms with Crippen LogP contribution in [-0.4, -0.2) is 0 Å². The fraction of sp³-hybridized carbons (Fsp3) is 0. The summed E-state index contributed by atoms with van der Waals surface area (Å²) in [5, 5.41) is 12.0. The zero-order valence-corrected chi connectivity index (χ0v) is 7.81. The number of nitrogens with two attached hydrogens (primary N) is 5. The number of hydrogen-bond donors (Lipinski definition) is 0. The quantitative estimate of drug-likeness (QED) is 0.582. The van der Waals surface area contributed by atoms with Crippen LogP contribution in [0.25, 0.3) is 30.8 Å². The third kappa shape index (κ3) is 14400. The summed E-state index contributed by atoms with van der Waals surface area (Å²) in [6.07, 6.45) is 0. The molecule has 0 spiro atoms. The molecule has 10 N–H and O–H groups in total. The monoisotopic (exact) mass is 335 g/mol. The molecule has 9 heavy (non-hydrogen) atoms. The molecule has 0 atom stereocenters. The van der Waals surface area contributed by atoms with E-state index < -0.39 is 0 Å². The summed E-state index contributed by atoms with van der Waals surface area (Å²) in [6.45, 7) is 0. The Kier molecular flexibility index (Phi) is 997000. The number of nitrogens with zero attached hydrogens (tertiary/aromatic N) is 2. The van der Waals surface area contributed by atoms with Gasteiger partial charge in [0.2, 0.25) is 0 Å². The molecular weight excluding hydrogens is 324 g/mol. The molecule has 9 heteroatoms. The third-order valence-electron chi connectivity index (χ3n) is 0. The maximum absolute atomic E-state index is 6.00. The van der Waals surface area contributed by atoms with Crippen LogP contribution in [0.5, 0.6) is 0 Å². The third-order valence-corrected chi connectivity index (χ3v) is 0. The van der Waals surface area contributed by atoms with Crippen molar-refractivity contribution in [1.82, 2.24) is 0 Å². The Morgan fingerprint density at radius 3 is 0.556 bits per heavy atom. The molecular formula is H10ClN7Os+. The van der Waals surface area contributed by atoms with Crippen LogP contribution >= 0.6 is 0 Å². The Morgan fingerprint density at radius 1 is 0.556 bits per heavy atom. The molecule has 0 unspecified atom stereocenters. The summed E-state index contributed by atoms with van der Waals surface area (Å²) in [6, 6.07) is 0. The van der Waals surface area contributed by atoms with Crippen LogP contribution < -0.4 is 12.4 Å². The Labute approximate surface area is 74.1 Å². The van der Waals surface area contributed by atoms with E-state index in [9.17, 15) is 0 Å². The summed E-state index contributed by atoms with van der Waals surface area (Å²) < 4.78 is 0. The van der Waals surface area contributed by atoms with E-state index in [-0.39, 0.29) is 63.0 Å². The van der Waals surface area contributed by atoms with Crippen LogP contribution in [0.1, 0.15) is 0 Å². The fourth-order valence-electron chi connectivity index (χ4n) is 0. The van der Waals surface area contributed by atoms with Gasteiger partial charge in [-0.05, 0) is 0 Å². The molecule has 0 aromatic heterocycles. The van der Waals surface area contributed by atoms with Crippen molar-refractivity contribution in [3.63, 3.8) is 0 Å². The molecule has 0 bridgehead atoms. The normalized spacial score (nSPS) is 0.222. The van der Waals surface area contributed by atoms with Crippen molar-refractivity contribution in [3.8, 4) is 0 Å². The maximum atomic E-state index is 6.00. The predicted octanol–water partition coefficient (Wildman–Crippen LogP) is 0.617. The van der Waals surface area contributed by atoms with Gasteiger partial charge in [-0.25, -0.2) is 0 Å². The van der Waals surface area contributed by atoms with Gasteiger partial charge in [0.25, 0.3) is 0 Å². The number of hydrogen-bond acceptors (Lipinski definition) is 2. The molecule has 0 heterocycles. The molecule has 0 aromatic carbocycles. The molecule has 0 fully saturated rings. The zero-order valence-electron chi connectivity index (χ0n) is 4.51. The molecule has 0 aliphatic heterocycles. The number of rotatable bonds is 0. The van der Waals surface area contributed by atoms with Crippen LogP contribution in [-0.2, 0) is 19.8 Å². The SMILES string of the molecule is N#N.[Cl-].[NH2-].[NH2-].[NH2-].[NH2-].[NH2-].[Os+7]. The van der Waals surface area contributed by atoms with Gasteiger partial charge in [0.15, 0.2) is 0 Å². The molecule has 0 saturated heterocycles. The van der Waals surface area contributed by atoms with Gasteiger partial charge in [-0.3, -0.25) is 0 Å². The molecule has 0 aromatic rings. The van der Waals surface area contributed by atoms with Crippen LogP contribution in [0.3, 0.4) is 0 Å². The Bertz CT molecular complexity index is 13.6. The number of halogens is 1. The van der Waals surface area contributed by atoms with Crippen molar-refractivity contribution in [2.24, 2.45) is 0 Å². The van der Waals surface area contributed by atoms with Crippen LogP contribution in [0.2, 0.25) is 0 Å². The van der Waals surface area contributed by atoms with Crippen molar-refractivity contribution in [3.05, 3.63) is 30.8 Å². The van der Waals surface area contributed by atoms with Gasteiger partial charge >= 0.3 is 19.8 Å². The van der Waals surface area contributed by atoms with Crippen molar-refractivity contribution >= 4 is 0 Å². The van der Waals surface area contributed by atoms with E-state index in [1.807, 2.05) is 0 Å². The summed E-state index contributed by atoms with van der Waals surface area (Å²) in [5.74, 6) is 0. The first-order valence-electron chi connectivity index (χ1n) is 0.200. The Morgan fingerprint density at radius 2 is 0.556 bits per heavy atom. The second-order valence-electron chi connectivity index (χ2n) is 0. The van der Waals surface area contributed by atoms with Gasteiger partial charge in [0.05, 0.1) is 0 Å². The molecule has 0 rings (SSSR count). The van der Waals surface area contributed by atoms with Crippen LogP contribution in [0.4, 0.5) is 0 Å². The first kappa shape index (κ1) is 462. The fourth-order valence-corrected chi connectivity index (χ4v) is 0. The van der Waals surface area contributed by atoms with Crippen molar-refractivity contribution in [2.45, 2.75) is 0 Å². The molecule has 0 saturated carbocycles. The zero-order chi connectivity index (χ0) is 2.00. The van der Waals surface area contributed by atoms with E-state index in [0.717, 1.165) is 0 Å². The Hall–Kier alpha value is 0.146. The summed E-state index contributed by atoms with van der Waals surface area (Å²) in [4.78, 5) is 0. The standard InChI is InChI=1S/ClH.N2.5H2N.Os/c;1-2;;;;;;/h1H;;5*1H2;/q;;5*-1;+7/p-1. The average Bonchev–Trinajstić information content (AvgIpc) is 1.00. The second-order valence-corrected chi connectivity index (χ2v) is 0. The largest absolute Gasteiger partial charge is 7.00 e. The Balaban J connectivity index is -0.000000000238. The maximum Gasteiger partial charge on any atom is 7.00 e.